The van der Waals surface area contributed by atoms with Crippen LogP contribution in [0, 0.1) is 11.6 Å². The highest BCUT2D eigenvalue weighted by molar-refractivity contribution is 5.85. The number of hydrogen-bond donors (Lipinski definition) is 1. The van der Waals surface area contributed by atoms with Crippen LogP contribution < -0.4 is 5.32 Å². The van der Waals surface area contributed by atoms with E-state index in [1.807, 2.05) is 0 Å². The van der Waals surface area contributed by atoms with E-state index in [1.54, 1.807) is 24.3 Å². The van der Waals surface area contributed by atoms with Gasteiger partial charge in [0.1, 0.15) is 17.7 Å². The zero-order chi connectivity index (χ0) is 22.0. The second-order valence-electron chi connectivity index (χ2n) is 7.45. The van der Waals surface area contributed by atoms with Crippen LogP contribution in [-0.2, 0) is 12.6 Å². The number of nitrogens with one attached hydrogen (secondary N) is 1. The number of rotatable bonds is 5. The van der Waals surface area contributed by atoms with Gasteiger partial charge < -0.3 is 5.32 Å². The number of alkyl halides is 3. The van der Waals surface area contributed by atoms with E-state index in [4.69, 9.17) is 4.99 Å². The van der Waals surface area contributed by atoms with E-state index >= 15 is 0 Å². The van der Waals surface area contributed by atoms with Crippen LogP contribution in [0.25, 0.3) is 0 Å². The second kappa shape index (κ2) is 8.49. The summed E-state index contributed by atoms with van der Waals surface area (Å²) in [7, 11) is 0. The van der Waals surface area contributed by atoms with Crippen LogP contribution in [0.1, 0.15) is 40.8 Å². The maximum absolute atomic E-state index is 13.8. The zero-order valence-electron chi connectivity index (χ0n) is 16.3. The highest BCUT2D eigenvalue weighted by Crippen LogP contribution is 2.37. The first-order valence-electron chi connectivity index (χ1n) is 9.80. The predicted octanol–water partition coefficient (Wildman–Crippen LogP) is 6.40. The molecule has 2 atom stereocenters. The van der Waals surface area contributed by atoms with Crippen LogP contribution in [0.3, 0.4) is 0 Å². The van der Waals surface area contributed by atoms with Crippen molar-refractivity contribution in [2.24, 2.45) is 4.99 Å². The summed E-state index contributed by atoms with van der Waals surface area (Å²) >= 11 is 0. The van der Waals surface area contributed by atoms with Gasteiger partial charge in [-0.3, -0.25) is 4.99 Å². The van der Waals surface area contributed by atoms with Crippen molar-refractivity contribution >= 4 is 5.84 Å². The fraction of sp³-hybridized carbons (Fsp3) is 0.208. The molecule has 0 radical (unpaired) electrons. The Labute approximate surface area is 176 Å². The number of hydrogen-bond acceptors (Lipinski definition) is 2. The first-order valence-corrected chi connectivity index (χ1v) is 9.80. The number of amidine groups is 1. The van der Waals surface area contributed by atoms with Gasteiger partial charge in [-0.05, 0) is 59.5 Å². The number of nitrogens with zero attached hydrogens (tertiary/aromatic N) is 1. The molecule has 7 heteroatoms. The van der Waals surface area contributed by atoms with E-state index in [0.29, 0.717) is 29.8 Å². The van der Waals surface area contributed by atoms with Gasteiger partial charge in [-0.25, -0.2) is 8.78 Å². The molecule has 0 fully saturated rings. The highest BCUT2D eigenvalue weighted by Gasteiger charge is 2.32. The molecule has 2 nitrogen and oxygen atoms in total. The van der Waals surface area contributed by atoms with Gasteiger partial charge in [-0.15, -0.1) is 0 Å². The molecule has 3 aromatic rings. The molecule has 0 aliphatic carbocycles. The van der Waals surface area contributed by atoms with Crippen LogP contribution in [0.4, 0.5) is 22.0 Å². The summed E-state index contributed by atoms with van der Waals surface area (Å²) in [6, 6.07) is 16.5. The normalized spacial score (nSPS) is 18.5. The summed E-state index contributed by atoms with van der Waals surface area (Å²) in [6.45, 7) is 0. The smallest absolute Gasteiger partial charge is 0.364 e. The van der Waals surface area contributed by atoms with Crippen molar-refractivity contribution in [1.82, 2.24) is 5.32 Å². The van der Waals surface area contributed by atoms with Crippen LogP contribution in [0.2, 0.25) is 0 Å². The maximum atomic E-state index is 13.8. The summed E-state index contributed by atoms with van der Waals surface area (Å²) in [4.78, 5) is 4.70. The van der Waals surface area contributed by atoms with Gasteiger partial charge in [0, 0.05) is 6.42 Å². The third kappa shape index (κ3) is 4.93. The summed E-state index contributed by atoms with van der Waals surface area (Å²) in [6.07, 6.45) is -3.43. The second-order valence-corrected chi connectivity index (χ2v) is 7.45. The molecular formula is C24H19F5N2. The molecule has 0 amide bonds. The van der Waals surface area contributed by atoms with Crippen molar-refractivity contribution in [1.29, 1.82) is 0 Å². The molecule has 3 aromatic carbocycles. The molecule has 2 unspecified atom stereocenters. The van der Waals surface area contributed by atoms with E-state index in [0.717, 1.165) is 17.7 Å². The van der Waals surface area contributed by atoms with Crippen LogP contribution in [0.5, 0.6) is 0 Å². The van der Waals surface area contributed by atoms with Gasteiger partial charge in [0.05, 0.1) is 17.4 Å². The molecule has 1 N–H and O–H groups in total. The molecule has 160 valence electrons. The minimum Gasteiger partial charge on any atom is -0.364 e. The van der Waals surface area contributed by atoms with E-state index < -0.39 is 17.8 Å². The molecule has 1 aliphatic heterocycles. The maximum Gasteiger partial charge on any atom is 0.416 e. The van der Waals surface area contributed by atoms with E-state index in [2.05, 4.69) is 5.32 Å². The van der Waals surface area contributed by atoms with Crippen molar-refractivity contribution in [2.75, 3.05) is 0 Å². The lowest BCUT2D eigenvalue weighted by atomic mass is 9.95. The van der Waals surface area contributed by atoms with Gasteiger partial charge in [-0.1, -0.05) is 36.4 Å². The predicted molar refractivity (Wildman–Crippen MR) is 109 cm³/mol. The Bertz CT molecular complexity index is 1090. The lowest BCUT2D eigenvalue weighted by Gasteiger charge is -2.20. The molecule has 0 saturated carbocycles. The third-order valence-corrected chi connectivity index (χ3v) is 5.26. The van der Waals surface area contributed by atoms with E-state index in [9.17, 15) is 22.0 Å². The van der Waals surface area contributed by atoms with Crippen LogP contribution in [0.15, 0.2) is 77.8 Å². The Balaban J connectivity index is 1.54. The SMILES string of the molecule is Fc1cccc(C2N=C(CCc3ccc(C(F)(F)F)cc3)NC2c2cccc(F)c2)c1. The molecule has 31 heavy (non-hydrogen) atoms. The Morgan fingerprint density at radius 3 is 2.00 bits per heavy atom. The Hall–Kier alpha value is -3.22. The van der Waals surface area contributed by atoms with Crippen molar-refractivity contribution in [2.45, 2.75) is 31.1 Å². The number of halogens is 5. The van der Waals surface area contributed by atoms with Gasteiger partial charge in [0.2, 0.25) is 0 Å². The minimum atomic E-state index is -4.37. The average Bonchev–Trinajstić information content (AvgIpc) is 3.16. The lowest BCUT2D eigenvalue weighted by Crippen LogP contribution is -2.24. The highest BCUT2D eigenvalue weighted by atomic mass is 19.4. The monoisotopic (exact) mass is 430 g/mol. The fourth-order valence-electron chi connectivity index (χ4n) is 3.72. The summed E-state index contributed by atoms with van der Waals surface area (Å²) < 4.78 is 65.8. The zero-order valence-corrected chi connectivity index (χ0v) is 16.3. The molecular weight excluding hydrogens is 411 g/mol. The van der Waals surface area contributed by atoms with Crippen molar-refractivity contribution < 1.29 is 22.0 Å². The van der Waals surface area contributed by atoms with Crippen LogP contribution in [-0.4, -0.2) is 5.84 Å². The Kier molecular flexibility index (Phi) is 5.76. The number of benzene rings is 3. The average molecular weight is 430 g/mol. The quantitative estimate of drug-likeness (QED) is 0.466. The summed E-state index contributed by atoms with van der Waals surface area (Å²) in [5.41, 5.74) is 1.40. The largest absolute Gasteiger partial charge is 0.416 e. The fourth-order valence-corrected chi connectivity index (χ4v) is 3.72. The van der Waals surface area contributed by atoms with Gasteiger partial charge in [0.15, 0.2) is 0 Å². The topological polar surface area (TPSA) is 24.4 Å². The molecule has 0 saturated heterocycles. The van der Waals surface area contributed by atoms with Gasteiger partial charge in [-0.2, -0.15) is 13.2 Å². The standard InChI is InChI=1S/C24H19F5N2/c25-19-5-1-3-16(13-19)22-23(17-4-2-6-20(26)14-17)31-21(30-22)12-9-15-7-10-18(11-8-15)24(27,28)29/h1-8,10-11,13-14,22-23H,9,12H2,(H,30,31). The molecule has 0 aromatic heterocycles. The van der Waals surface area contributed by atoms with Crippen molar-refractivity contribution in [3.63, 3.8) is 0 Å². The third-order valence-electron chi connectivity index (χ3n) is 5.26. The number of aryl methyl sites for hydroxylation is 1. The Morgan fingerprint density at radius 2 is 1.39 bits per heavy atom. The molecule has 0 bridgehead atoms. The number of aliphatic imine (C=N–C) groups is 1. The van der Waals surface area contributed by atoms with E-state index in [-0.39, 0.29) is 17.7 Å². The minimum absolute atomic E-state index is 0.375. The van der Waals surface area contributed by atoms with Crippen molar-refractivity contribution in [3.8, 4) is 0 Å². The van der Waals surface area contributed by atoms with Crippen molar-refractivity contribution in [3.05, 3.63) is 107 Å². The lowest BCUT2D eigenvalue weighted by molar-refractivity contribution is -0.137. The first kappa shape index (κ1) is 21.0. The van der Waals surface area contributed by atoms with Gasteiger partial charge in [0.25, 0.3) is 0 Å². The Morgan fingerprint density at radius 1 is 0.774 bits per heavy atom. The summed E-state index contributed by atoms with van der Waals surface area (Å²) in [5, 5.41) is 3.29. The molecule has 1 aliphatic rings. The molecule has 4 rings (SSSR count). The van der Waals surface area contributed by atoms with E-state index in [1.165, 1.54) is 36.4 Å². The molecule has 1 heterocycles. The van der Waals surface area contributed by atoms with Crippen LogP contribution >= 0.6 is 0 Å². The summed E-state index contributed by atoms with van der Waals surface area (Å²) in [5.74, 6) is -0.122. The van der Waals surface area contributed by atoms with Gasteiger partial charge >= 0.3 is 6.18 Å². The molecule has 0 spiro atoms. The first-order chi connectivity index (χ1) is 14.8.